The molecule has 1 aliphatic carbocycles. The molecule has 0 spiro atoms. The molecule has 0 bridgehead atoms. The number of allylic oxidation sites excluding steroid dienone is 2. The average molecular weight is 248 g/mol. The molecule has 1 saturated heterocycles. The van der Waals surface area contributed by atoms with Crippen molar-refractivity contribution in [3.8, 4) is 0 Å². The number of carbonyl (C=O) groups is 1. The Hall–Kier alpha value is -1.35. The third-order valence-electron chi connectivity index (χ3n) is 3.81. The molecule has 3 nitrogen and oxygen atoms in total. The second kappa shape index (κ2) is 5.11. The molecule has 1 aliphatic heterocycles. The van der Waals surface area contributed by atoms with Crippen LogP contribution in [0.3, 0.4) is 0 Å². The van der Waals surface area contributed by atoms with Gasteiger partial charge < -0.3 is 9.84 Å². The van der Waals surface area contributed by atoms with Crippen molar-refractivity contribution < 1.29 is 14.6 Å². The van der Waals surface area contributed by atoms with Crippen LogP contribution in [-0.4, -0.2) is 23.3 Å². The molecule has 3 atom stereocenters. The van der Waals surface area contributed by atoms with Crippen LogP contribution in [0.5, 0.6) is 0 Å². The van der Waals surface area contributed by atoms with Gasteiger partial charge in [0.05, 0.1) is 6.10 Å². The second-order valence-electron chi connectivity index (χ2n) is 5.25. The lowest BCUT2D eigenvalue weighted by atomic mass is 9.87. The molecule has 1 N–H and O–H groups in total. The Kier molecular flexibility index (Phi) is 3.71. The third-order valence-corrected chi connectivity index (χ3v) is 3.81. The highest BCUT2D eigenvalue weighted by Gasteiger charge is 2.38. The summed E-state index contributed by atoms with van der Waals surface area (Å²) in [4.78, 5) is 11.6. The minimum Gasteiger partial charge on any atom is -0.454 e. The zero-order chi connectivity index (χ0) is 13.3. The molecular formula is C15H20O3. The topological polar surface area (TPSA) is 46.5 Å². The molecule has 2 rings (SSSR count). The van der Waals surface area contributed by atoms with Gasteiger partial charge in [-0.3, -0.25) is 0 Å². The fourth-order valence-corrected chi connectivity index (χ4v) is 2.51. The van der Waals surface area contributed by atoms with Crippen LogP contribution in [0.4, 0.5) is 0 Å². The summed E-state index contributed by atoms with van der Waals surface area (Å²) in [6.07, 6.45) is 5.64. The predicted octanol–water partition coefficient (Wildman–Crippen LogP) is 2.52. The fourth-order valence-electron chi connectivity index (χ4n) is 2.51. The van der Waals surface area contributed by atoms with Gasteiger partial charge in [-0.15, -0.1) is 0 Å². The number of ether oxygens (including phenoxy) is 1. The van der Waals surface area contributed by atoms with E-state index in [4.69, 9.17) is 4.74 Å². The molecule has 1 heterocycles. The average Bonchev–Trinajstić information content (AvgIpc) is 2.56. The van der Waals surface area contributed by atoms with Crippen molar-refractivity contribution in [2.75, 3.05) is 0 Å². The lowest BCUT2D eigenvalue weighted by Gasteiger charge is -2.21. The molecular weight excluding hydrogens is 228 g/mol. The number of fused-ring (bicyclic) bond motifs is 1. The number of aliphatic hydroxyl groups excluding tert-OH is 1. The van der Waals surface area contributed by atoms with E-state index in [2.05, 4.69) is 12.7 Å². The molecule has 0 aromatic carbocycles. The third kappa shape index (κ3) is 2.56. The SMILES string of the molecule is C=C1C(=O)OC2C=C(C)CCC=C(C)C(O)CC12. The maximum Gasteiger partial charge on any atom is 0.334 e. The maximum absolute atomic E-state index is 11.6. The first-order chi connectivity index (χ1) is 8.49. The standard InChI is InChI=1S/C15H20O3/c1-9-5-4-6-10(2)13(16)8-12-11(3)15(17)18-14(12)7-9/h6-7,12-14,16H,3-5,8H2,1-2H3. The van der Waals surface area contributed by atoms with E-state index in [1.807, 2.05) is 19.9 Å². The van der Waals surface area contributed by atoms with Gasteiger partial charge in [0, 0.05) is 11.5 Å². The molecule has 0 amide bonds. The van der Waals surface area contributed by atoms with Crippen molar-refractivity contribution >= 4 is 5.97 Å². The van der Waals surface area contributed by atoms with Crippen molar-refractivity contribution in [2.45, 2.75) is 45.3 Å². The van der Waals surface area contributed by atoms with Gasteiger partial charge in [-0.2, -0.15) is 0 Å². The Bertz CT molecular complexity index is 431. The van der Waals surface area contributed by atoms with E-state index in [0.717, 1.165) is 18.4 Å². The highest BCUT2D eigenvalue weighted by atomic mass is 16.5. The van der Waals surface area contributed by atoms with Gasteiger partial charge in [0.15, 0.2) is 0 Å². The van der Waals surface area contributed by atoms with Crippen molar-refractivity contribution in [1.82, 2.24) is 0 Å². The van der Waals surface area contributed by atoms with Gasteiger partial charge in [0.25, 0.3) is 0 Å². The van der Waals surface area contributed by atoms with Gasteiger partial charge in [0.2, 0.25) is 0 Å². The van der Waals surface area contributed by atoms with Crippen LogP contribution in [0.25, 0.3) is 0 Å². The van der Waals surface area contributed by atoms with Gasteiger partial charge in [-0.1, -0.05) is 18.2 Å². The first kappa shape index (κ1) is 13.1. The maximum atomic E-state index is 11.6. The summed E-state index contributed by atoms with van der Waals surface area (Å²) in [5.41, 5.74) is 2.67. The van der Waals surface area contributed by atoms with E-state index in [1.165, 1.54) is 5.57 Å². The van der Waals surface area contributed by atoms with Crippen LogP contribution in [0.15, 0.2) is 35.5 Å². The summed E-state index contributed by atoms with van der Waals surface area (Å²) in [5.74, 6) is -0.439. The Morgan fingerprint density at radius 2 is 2.17 bits per heavy atom. The van der Waals surface area contributed by atoms with E-state index in [-0.39, 0.29) is 18.0 Å². The molecule has 0 radical (unpaired) electrons. The first-order valence-corrected chi connectivity index (χ1v) is 6.41. The molecule has 0 saturated carbocycles. The Morgan fingerprint density at radius 1 is 1.44 bits per heavy atom. The zero-order valence-corrected chi connectivity index (χ0v) is 11.0. The molecule has 1 fully saturated rings. The van der Waals surface area contributed by atoms with E-state index >= 15 is 0 Å². The lowest BCUT2D eigenvalue weighted by molar-refractivity contribution is -0.137. The molecule has 0 aromatic rings. The van der Waals surface area contributed by atoms with E-state index < -0.39 is 6.10 Å². The Labute approximate surface area is 108 Å². The number of rotatable bonds is 0. The summed E-state index contributed by atoms with van der Waals surface area (Å²) in [6, 6.07) is 0. The number of hydrogen-bond donors (Lipinski definition) is 1. The Balaban J connectivity index is 2.30. The number of esters is 1. The van der Waals surface area contributed by atoms with Crippen LogP contribution in [0, 0.1) is 5.92 Å². The minimum atomic E-state index is -0.518. The van der Waals surface area contributed by atoms with E-state index in [9.17, 15) is 9.90 Å². The van der Waals surface area contributed by atoms with Gasteiger partial charge in [-0.05, 0) is 44.8 Å². The molecule has 18 heavy (non-hydrogen) atoms. The van der Waals surface area contributed by atoms with Crippen molar-refractivity contribution in [2.24, 2.45) is 5.92 Å². The highest BCUT2D eigenvalue weighted by Crippen LogP contribution is 2.34. The molecule has 2 aliphatic rings. The quantitative estimate of drug-likeness (QED) is 0.407. The number of hydrogen-bond acceptors (Lipinski definition) is 3. The second-order valence-corrected chi connectivity index (χ2v) is 5.25. The minimum absolute atomic E-state index is 0.108. The largest absolute Gasteiger partial charge is 0.454 e. The van der Waals surface area contributed by atoms with Crippen LogP contribution < -0.4 is 0 Å². The van der Waals surface area contributed by atoms with Crippen LogP contribution in [0.2, 0.25) is 0 Å². The van der Waals surface area contributed by atoms with Gasteiger partial charge in [0.1, 0.15) is 6.10 Å². The summed E-state index contributed by atoms with van der Waals surface area (Å²) >= 11 is 0. The van der Waals surface area contributed by atoms with Gasteiger partial charge >= 0.3 is 5.97 Å². The van der Waals surface area contributed by atoms with Crippen molar-refractivity contribution in [3.05, 3.63) is 35.5 Å². The summed E-state index contributed by atoms with van der Waals surface area (Å²) < 4.78 is 5.32. The van der Waals surface area contributed by atoms with Crippen LogP contribution in [0.1, 0.15) is 33.1 Å². The first-order valence-electron chi connectivity index (χ1n) is 6.41. The smallest absolute Gasteiger partial charge is 0.334 e. The monoisotopic (exact) mass is 248 g/mol. The van der Waals surface area contributed by atoms with Crippen LogP contribution >= 0.6 is 0 Å². The highest BCUT2D eigenvalue weighted by molar-refractivity contribution is 5.91. The zero-order valence-electron chi connectivity index (χ0n) is 11.0. The van der Waals surface area contributed by atoms with E-state index in [1.54, 1.807) is 0 Å². The predicted molar refractivity (Wildman–Crippen MR) is 69.9 cm³/mol. The molecule has 98 valence electrons. The number of aliphatic hydroxyl groups is 1. The van der Waals surface area contributed by atoms with Gasteiger partial charge in [-0.25, -0.2) is 4.79 Å². The molecule has 0 aromatic heterocycles. The van der Waals surface area contributed by atoms with Crippen molar-refractivity contribution in [3.63, 3.8) is 0 Å². The van der Waals surface area contributed by atoms with Crippen LogP contribution in [-0.2, 0) is 9.53 Å². The summed E-state index contributed by atoms with van der Waals surface area (Å²) in [6.45, 7) is 7.78. The molecule has 3 unspecified atom stereocenters. The van der Waals surface area contributed by atoms with Crippen molar-refractivity contribution in [1.29, 1.82) is 0 Å². The molecule has 3 heteroatoms. The normalized spacial score (nSPS) is 33.4. The fraction of sp³-hybridized carbons (Fsp3) is 0.533. The summed E-state index contributed by atoms with van der Waals surface area (Å²) in [7, 11) is 0. The number of carbonyl (C=O) groups excluding carboxylic acids is 1. The van der Waals surface area contributed by atoms with E-state index in [0.29, 0.717) is 12.0 Å². The lowest BCUT2D eigenvalue weighted by Crippen LogP contribution is -2.22. The Morgan fingerprint density at radius 3 is 2.89 bits per heavy atom. The summed E-state index contributed by atoms with van der Waals surface area (Å²) in [5, 5.41) is 10.1.